The molecule has 0 saturated carbocycles. The summed E-state index contributed by atoms with van der Waals surface area (Å²) in [5.74, 6) is -0.685. The molecule has 1 heterocycles. The zero-order chi connectivity index (χ0) is 19.2. The van der Waals surface area contributed by atoms with Crippen molar-refractivity contribution in [2.45, 2.75) is 0 Å². The number of hydrazone groups is 1. The number of carbonyl (C=O) groups is 2. The third-order valence-electron chi connectivity index (χ3n) is 3.37. The molecule has 0 fully saturated rings. The molecular weight excluding hydrogens is 436 g/mol. The summed E-state index contributed by atoms with van der Waals surface area (Å²) in [6.45, 7) is 0. The van der Waals surface area contributed by atoms with Crippen molar-refractivity contribution >= 4 is 45.6 Å². The van der Waals surface area contributed by atoms with Gasteiger partial charge in [-0.25, -0.2) is 10.2 Å². The van der Waals surface area contributed by atoms with E-state index in [-0.39, 0.29) is 11.5 Å². The van der Waals surface area contributed by atoms with Crippen LogP contribution >= 0.6 is 27.5 Å². The summed E-state index contributed by atoms with van der Waals surface area (Å²) >= 11 is 9.14. The van der Waals surface area contributed by atoms with Crippen molar-refractivity contribution in [3.05, 3.63) is 87.2 Å². The van der Waals surface area contributed by atoms with E-state index in [1.165, 1.54) is 18.5 Å². The molecule has 1 N–H and O–H groups in total. The molecule has 0 bridgehead atoms. The number of carbonyl (C=O) groups excluding carboxylic acids is 2. The van der Waals surface area contributed by atoms with Gasteiger partial charge in [0.05, 0.1) is 12.5 Å². The van der Waals surface area contributed by atoms with E-state index >= 15 is 0 Å². The first kappa shape index (κ1) is 18.9. The fraction of sp³-hybridized carbons (Fsp3) is 0. The Balaban J connectivity index is 1.72. The molecule has 0 unspecified atom stereocenters. The van der Waals surface area contributed by atoms with Crippen LogP contribution in [0.1, 0.15) is 26.5 Å². The lowest BCUT2D eigenvalue weighted by atomic mass is 10.2. The van der Waals surface area contributed by atoms with Gasteiger partial charge in [-0.15, -0.1) is 0 Å². The van der Waals surface area contributed by atoms with Gasteiger partial charge in [-0.1, -0.05) is 27.5 Å². The Labute approximate surface area is 167 Å². The first-order valence-corrected chi connectivity index (χ1v) is 8.84. The normalized spacial score (nSPS) is 10.7. The van der Waals surface area contributed by atoms with Gasteiger partial charge in [0.15, 0.2) is 0 Å². The second-order valence-corrected chi connectivity index (χ2v) is 6.61. The SMILES string of the molecule is O=C(N/N=C\c1cc(Br)ccc1OC(=O)c1ccco1)c1ccc(Cl)cc1. The molecule has 0 aliphatic heterocycles. The molecule has 8 heteroatoms. The summed E-state index contributed by atoms with van der Waals surface area (Å²) in [5, 5.41) is 4.45. The van der Waals surface area contributed by atoms with Crippen LogP contribution in [-0.2, 0) is 0 Å². The molecule has 1 aromatic heterocycles. The molecule has 136 valence electrons. The maximum absolute atomic E-state index is 12.1. The summed E-state index contributed by atoms with van der Waals surface area (Å²) in [7, 11) is 0. The highest BCUT2D eigenvalue weighted by Crippen LogP contribution is 2.23. The molecule has 3 rings (SSSR count). The van der Waals surface area contributed by atoms with Crippen LogP contribution in [-0.4, -0.2) is 18.1 Å². The summed E-state index contributed by atoms with van der Waals surface area (Å²) in [6, 6.07) is 14.5. The summed E-state index contributed by atoms with van der Waals surface area (Å²) in [5.41, 5.74) is 3.31. The lowest BCUT2D eigenvalue weighted by Crippen LogP contribution is -2.17. The number of benzene rings is 2. The number of hydrogen-bond donors (Lipinski definition) is 1. The van der Waals surface area contributed by atoms with Gasteiger partial charge in [-0.2, -0.15) is 5.10 Å². The fourth-order valence-electron chi connectivity index (χ4n) is 2.08. The largest absolute Gasteiger partial charge is 0.457 e. The Hall–Kier alpha value is -2.90. The third kappa shape index (κ3) is 5.06. The van der Waals surface area contributed by atoms with Gasteiger partial charge in [0.1, 0.15) is 5.75 Å². The number of ether oxygens (including phenoxy) is 1. The fourth-order valence-corrected chi connectivity index (χ4v) is 2.59. The van der Waals surface area contributed by atoms with Crippen molar-refractivity contribution in [1.29, 1.82) is 0 Å². The van der Waals surface area contributed by atoms with E-state index in [0.717, 1.165) is 4.47 Å². The van der Waals surface area contributed by atoms with Crippen molar-refractivity contribution in [2.75, 3.05) is 0 Å². The first-order valence-electron chi connectivity index (χ1n) is 7.67. The van der Waals surface area contributed by atoms with E-state index in [9.17, 15) is 9.59 Å². The van der Waals surface area contributed by atoms with Gasteiger partial charge in [0.2, 0.25) is 5.76 Å². The minimum absolute atomic E-state index is 0.0804. The topological polar surface area (TPSA) is 80.9 Å². The van der Waals surface area contributed by atoms with Crippen LogP contribution in [0.3, 0.4) is 0 Å². The number of esters is 1. The van der Waals surface area contributed by atoms with Crippen molar-refractivity contribution in [3.63, 3.8) is 0 Å². The molecule has 2 aromatic carbocycles. The highest BCUT2D eigenvalue weighted by Gasteiger charge is 2.14. The van der Waals surface area contributed by atoms with E-state index in [1.807, 2.05) is 0 Å². The van der Waals surface area contributed by atoms with Gasteiger partial charge in [-0.05, 0) is 54.6 Å². The molecule has 3 aromatic rings. The summed E-state index contributed by atoms with van der Waals surface area (Å²) in [4.78, 5) is 24.1. The van der Waals surface area contributed by atoms with Crippen molar-refractivity contribution < 1.29 is 18.7 Å². The van der Waals surface area contributed by atoms with Crippen LogP contribution in [0.2, 0.25) is 5.02 Å². The lowest BCUT2D eigenvalue weighted by molar-refractivity contribution is 0.0701. The van der Waals surface area contributed by atoms with Crippen LogP contribution in [0.15, 0.2) is 74.9 Å². The maximum atomic E-state index is 12.1. The van der Waals surface area contributed by atoms with Crippen molar-refractivity contribution in [3.8, 4) is 5.75 Å². The summed E-state index contributed by atoms with van der Waals surface area (Å²) < 4.78 is 11.1. The number of hydrogen-bond acceptors (Lipinski definition) is 5. The molecule has 0 spiro atoms. The van der Waals surface area contributed by atoms with Crippen LogP contribution in [0.4, 0.5) is 0 Å². The second kappa shape index (κ2) is 8.66. The van der Waals surface area contributed by atoms with Gasteiger partial charge < -0.3 is 9.15 Å². The predicted octanol–water partition coefficient (Wildman–Crippen LogP) is 4.68. The Bertz CT molecular complexity index is 985. The number of halogens is 2. The Morgan fingerprint density at radius 1 is 1.15 bits per heavy atom. The van der Waals surface area contributed by atoms with E-state index in [0.29, 0.717) is 16.1 Å². The van der Waals surface area contributed by atoms with Gasteiger partial charge in [0.25, 0.3) is 5.91 Å². The first-order chi connectivity index (χ1) is 13.0. The monoisotopic (exact) mass is 446 g/mol. The van der Waals surface area contributed by atoms with E-state index in [1.54, 1.807) is 48.5 Å². The number of amides is 1. The number of nitrogens with one attached hydrogen (secondary N) is 1. The lowest BCUT2D eigenvalue weighted by Gasteiger charge is -2.07. The number of rotatable bonds is 5. The van der Waals surface area contributed by atoms with Crippen LogP contribution in [0.25, 0.3) is 0 Å². The molecule has 0 aliphatic rings. The zero-order valence-electron chi connectivity index (χ0n) is 13.7. The predicted molar refractivity (Wildman–Crippen MR) is 104 cm³/mol. The van der Waals surface area contributed by atoms with Gasteiger partial charge in [0, 0.05) is 20.6 Å². The minimum Gasteiger partial charge on any atom is -0.457 e. The molecule has 0 radical (unpaired) electrons. The molecular formula is C19H12BrClN2O4. The maximum Gasteiger partial charge on any atom is 0.379 e. The highest BCUT2D eigenvalue weighted by molar-refractivity contribution is 9.10. The Morgan fingerprint density at radius 3 is 2.63 bits per heavy atom. The zero-order valence-corrected chi connectivity index (χ0v) is 16.0. The Kier molecular flexibility index (Phi) is 6.05. The van der Waals surface area contributed by atoms with Crippen molar-refractivity contribution in [1.82, 2.24) is 5.43 Å². The molecule has 0 aliphatic carbocycles. The Morgan fingerprint density at radius 2 is 1.93 bits per heavy atom. The highest BCUT2D eigenvalue weighted by atomic mass is 79.9. The van der Waals surface area contributed by atoms with Crippen LogP contribution in [0, 0.1) is 0 Å². The quantitative estimate of drug-likeness (QED) is 0.266. The standard InChI is InChI=1S/C19H12BrClN2O4/c20-14-5-8-16(27-19(25)17-2-1-9-26-17)13(10-14)11-22-23-18(24)12-3-6-15(21)7-4-12/h1-11H,(H,23,24)/b22-11-. The van der Waals surface area contributed by atoms with Crippen LogP contribution in [0.5, 0.6) is 5.75 Å². The molecule has 0 atom stereocenters. The molecule has 0 saturated heterocycles. The molecule has 1 amide bonds. The van der Waals surface area contributed by atoms with E-state index < -0.39 is 11.9 Å². The molecule has 27 heavy (non-hydrogen) atoms. The van der Waals surface area contributed by atoms with Gasteiger partial charge >= 0.3 is 5.97 Å². The second-order valence-electron chi connectivity index (χ2n) is 5.25. The third-order valence-corrected chi connectivity index (χ3v) is 4.12. The van der Waals surface area contributed by atoms with Gasteiger partial charge in [-0.3, -0.25) is 4.79 Å². The minimum atomic E-state index is -0.637. The number of furan rings is 1. The summed E-state index contributed by atoms with van der Waals surface area (Å²) in [6.07, 6.45) is 2.76. The van der Waals surface area contributed by atoms with E-state index in [2.05, 4.69) is 26.5 Å². The van der Waals surface area contributed by atoms with E-state index in [4.69, 9.17) is 20.8 Å². The number of nitrogens with zero attached hydrogens (tertiary/aromatic N) is 1. The van der Waals surface area contributed by atoms with Crippen LogP contribution < -0.4 is 10.2 Å². The van der Waals surface area contributed by atoms with Crippen molar-refractivity contribution in [2.24, 2.45) is 5.10 Å². The average molecular weight is 448 g/mol. The smallest absolute Gasteiger partial charge is 0.379 e. The average Bonchev–Trinajstić information content (AvgIpc) is 3.19. The molecule has 6 nitrogen and oxygen atoms in total.